The van der Waals surface area contributed by atoms with Gasteiger partial charge in [0.15, 0.2) is 5.75 Å². The van der Waals surface area contributed by atoms with Crippen molar-refractivity contribution in [2.75, 3.05) is 20.2 Å². The lowest BCUT2D eigenvalue weighted by molar-refractivity contribution is -0.385. The molecule has 134 valence electrons. The molecule has 1 aliphatic heterocycles. The smallest absolute Gasteiger partial charge is 0.310 e. The molecular formula is C20H21N3O3. The number of hydrogen-bond donors (Lipinski definition) is 0. The van der Waals surface area contributed by atoms with Gasteiger partial charge in [0.25, 0.3) is 0 Å². The van der Waals surface area contributed by atoms with Gasteiger partial charge in [0.1, 0.15) is 0 Å². The molecule has 0 atom stereocenters. The molecule has 6 nitrogen and oxygen atoms in total. The number of rotatable bonds is 5. The van der Waals surface area contributed by atoms with Crippen molar-refractivity contribution < 1.29 is 9.66 Å². The first kappa shape index (κ1) is 17.9. The van der Waals surface area contributed by atoms with E-state index in [-0.39, 0.29) is 11.4 Å². The number of nitriles is 1. The molecular weight excluding hydrogens is 330 g/mol. The SMILES string of the molecule is COc1cc(C2(C#N)CCN(Cc3ccccc3)CC2)ccc1[N+](=O)[O-]. The molecule has 1 fully saturated rings. The maximum atomic E-state index is 11.1. The highest BCUT2D eigenvalue weighted by molar-refractivity contribution is 5.51. The first-order valence-electron chi connectivity index (χ1n) is 8.58. The third kappa shape index (κ3) is 3.53. The topological polar surface area (TPSA) is 79.4 Å². The minimum atomic E-state index is -0.629. The predicted molar refractivity (Wildman–Crippen MR) is 97.9 cm³/mol. The lowest BCUT2D eigenvalue weighted by Crippen LogP contribution is -2.41. The fraction of sp³-hybridized carbons (Fsp3) is 0.350. The van der Waals surface area contributed by atoms with Crippen molar-refractivity contribution in [1.82, 2.24) is 4.90 Å². The molecule has 0 N–H and O–H groups in total. The quantitative estimate of drug-likeness (QED) is 0.607. The highest BCUT2D eigenvalue weighted by Crippen LogP contribution is 2.39. The van der Waals surface area contributed by atoms with Crippen LogP contribution in [0, 0.1) is 21.4 Å². The third-order valence-electron chi connectivity index (χ3n) is 5.10. The number of benzene rings is 2. The third-order valence-corrected chi connectivity index (χ3v) is 5.10. The molecule has 3 rings (SSSR count). The highest BCUT2D eigenvalue weighted by atomic mass is 16.6. The summed E-state index contributed by atoms with van der Waals surface area (Å²) in [6.07, 6.45) is 1.38. The molecule has 0 unspecified atom stereocenters. The van der Waals surface area contributed by atoms with E-state index in [0.29, 0.717) is 12.8 Å². The second kappa shape index (κ2) is 7.54. The summed E-state index contributed by atoms with van der Waals surface area (Å²) in [4.78, 5) is 13.0. The van der Waals surface area contributed by atoms with Crippen molar-refractivity contribution in [3.63, 3.8) is 0 Å². The predicted octanol–water partition coefficient (Wildman–Crippen LogP) is 3.66. The van der Waals surface area contributed by atoms with Gasteiger partial charge in [-0.15, -0.1) is 0 Å². The number of likely N-dealkylation sites (tertiary alicyclic amines) is 1. The van der Waals surface area contributed by atoms with Crippen LogP contribution in [0.15, 0.2) is 48.5 Å². The van der Waals surface area contributed by atoms with Crippen LogP contribution >= 0.6 is 0 Å². The van der Waals surface area contributed by atoms with Crippen LogP contribution in [0.3, 0.4) is 0 Å². The number of nitro groups is 1. The highest BCUT2D eigenvalue weighted by Gasteiger charge is 2.37. The van der Waals surface area contributed by atoms with Gasteiger partial charge in [-0.25, -0.2) is 0 Å². The number of hydrogen-bond acceptors (Lipinski definition) is 5. The van der Waals surface area contributed by atoms with Crippen molar-refractivity contribution in [1.29, 1.82) is 5.26 Å². The van der Waals surface area contributed by atoms with E-state index in [1.54, 1.807) is 12.1 Å². The zero-order chi connectivity index (χ0) is 18.6. The Balaban J connectivity index is 1.77. The van der Waals surface area contributed by atoms with Crippen LogP contribution in [0.2, 0.25) is 0 Å². The monoisotopic (exact) mass is 351 g/mol. The van der Waals surface area contributed by atoms with Gasteiger partial charge in [-0.1, -0.05) is 36.4 Å². The first-order chi connectivity index (χ1) is 12.6. The average Bonchev–Trinajstić information content (AvgIpc) is 2.69. The fourth-order valence-corrected chi connectivity index (χ4v) is 3.53. The van der Waals surface area contributed by atoms with Crippen LogP contribution < -0.4 is 4.74 Å². The number of nitro benzene ring substituents is 1. The van der Waals surface area contributed by atoms with Gasteiger partial charge in [-0.05, 0) is 30.0 Å². The summed E-state index contributed by atoms with van der Waals surface area (Å²) < 4.78 is 5.17. The Morgan fingerprint density at radius 2 is 1.92 bits per heavy atom. The van der Waals surface area contributed by atoms with Gasteiger partial charge in [-0.3, -0.25) is 15.0 Å². The van der Waals surface area contributed by atoms with Crippen LogP contribution in [0.1, 0.15) is 24.0 Å². The number of ether oxygens (including phenoxy) is 1. The zero-order valence-electron chi connectivity index (χ0n) is 14.7. The van der Waals surface area contributed by atoms with Crippen molar-refractivity contribution in [2.24, 2.45) is 0 Å². The molecule has 0 spiro atoms. The lowest BCUT2D eigenvalue weighted by atomic mass is 9.74. The van der Waals surface area contributed by atoms with E-state index < -0.39 is 10.3 Å². The van der Waals surface area contributed by atoms with E-state index in [9.17, 15) is 15.4 Å². The van der Waals surface area contributed by atoms with Crippen LogP contribution in [0.4, 0.5) is 5.69 Å². The summed E-state index contributed by atoms with van der Waals surface area (Å²) in [5.74, 6) is 0.203. The maximum Gasteiger partial charge on any atom is 0.310 e. The molecule has 6 heteroatoms. The van der Waals surface area contributed by atoms with Crippen LogP contribution in [0.5, 0.6) is 5.75 Å². The summed E-state index contributed by atoms with van der Waals surface area (Å²) in [6, 6.07) is 17.5. The molecule has 0 bridgehead atoms. The lowest BCUT2D eigenvalue weighted by Gasteiger charge is -2.37. The van der Waals surface area contributed by atoms with Gasteiger partial charge in [0.05, 0.1) is 23.5 Å². The normalized spacial score (nSPS) is 16.6. The Hall–Kier alpha value is -2.91. The molecule has 0 radical (unpaired) electrons. The summed E-state index contributed by atoms with van der Waals surface area (Å²) >= 11 is 0. The molecule has 1 aliphatic rings. The fourth-order valence-electron chi connectivity index (χ4n) is 3.53. The standard InChI is InChI=1S/C20H21N3O3/c1-26-19-13-17(7-8-18(19)23(24)25)20(15-21)9-11-22(12-10-20)14-16-5-3-2-4-6-16/h2-8,13H,9-12,14H2,1H3. The van der Waals surface area contributed by atoms with E-state index >= 15 is 0 Å². The molecule has 26 heavy (non-hydrogen) atoms. The molecule has 2 aromatic rings. The van der Waals surface area contributed by atoms with Gasteiger partial charge >= 0.3 is 5.69 Å². The zero-order valence-corrected chi connectivity index (χ0v) is 14.7. The van der Waals surface area contributed by atoms with Gasteiger partial charge < -0.3 is 4.74 Å². The summed E-state index contributed by atoms with van der Waals surface area (Å²) in [6.45, 7) is 2.48. The number of nitrogens with zero attached hydrogens (tertiary/aromatic N) is 3. The Morgan fingerprint density at radius 1 is 1.23 bits per heavy atom. The van der Waals surface area contributed by atoms with Gasteiger partial charge in [-0.2, -0.15) is 5.26 Å². The molecule has 0 saturated carbocycles. The molecule has 0 amide bonds. The summed E-state index contributed by atoms with van der Waals surface area (Å²) in [5.41, 5.74) is 1.34. The minimum absolute atomic E-state index is 0.0779. The minimum Gasteiger partial charge on any atom is -0.490 e. The van der Waals surface area contributed by atoms with Crippen molar-refractivity contribution in [3.05, 3.63) is 69.8 Å². The van der Waals surface area contributed by atoms with E-state index in [4.69, 9.17) is 4.74 Å². The van der Waals surface area contributed by atoms with Crippen molar-refractivity contribution >= 4 is 5.69 Å². The Morgan fingerprint density at radius 3 is 2.50 bits per heavy atom. The van der Waals surface area contributed by atoms with Crippen molar-refractivity contribution in [3.8, 4) is 11.8 Å². The number of methoxy groups -OCH3 is 1. The van der Waals surface area contributed by atoms with E-state index in [1.165, 1.54) is 18.7 Å². The summed E-state index contributed by atoms with van der Waals surface area (Å²) in [5, 5.41) is 21.0. The number of piperidine rings is 1. The van der Waals surface area contributed by atoms with Crippen LogP contribution in [-0.2, 0) is 12.0 Å². The van der Waals surface area contributed by atoms with Gasteiger partial charge in [0.2, 0.25) is 0 Å². The van der Waals surface area contributed by atoms with Crippen molar-refractivity contribution in [2.45, 2.75) is 24.8 Å². The first-order valence-corrected chi connectivity index (χ1v) is 8.58. The van der Waals surface area contributed by atoms with E-state index in [1.807, 2.05) is 18.2 Å². The second-order valence-corrected chi connectivity index (χ2v) is 6.60. The Bertz CT molecular complexity index is 822. The van der Waals surface area contributed by atoms with Gasteiger partial charge in [0, 0.05) is 25.7 Å². The molecule has 1 heterocycles. The molecule has 2 aromatic carbocycles. The van der Waals surface area contributed by atoms with Crippen LogP contribution in [0.25, 0.3) is 0 Å². The maximum absolute atomic E-state index is 11.1. The molecule has 0 aliphatic carbocycles. The largest absolute Gasteiger partial charge is 0.490 e. The second-order valence-electron chi connectivity index (χ2n) is 6.60. The van der Waals surface area contributed by atoms with Crippen LogP contribution in [-0.4, -0.2) is 30.0 Å². The molecule has 1 saturated heterocycles. The summed E-state index contributed by atoms with van der Waals surface area (Å²) in [7, 11) is 1.41. The van der Waals surface area contributed by atoms with E-state index in [2.05, 4.69) is 23.1 Å². The van der Waals surface area contributed by atoms with E-state index in [0.717, 1.165) is 25.2 Å². The Labute approximate surface area is 152 Å². The molecule has 0 aromatic heterocycles. The Kier molecular flexibility index (Phi) is 5.19. The average molecular weight is 351 g/mol.